The van der Waals surface area contributed by atoms with Gasteiger partial charge < -0.3 is 5.11 Å². The van der Waals surface area contributed by atoms with E-state index in [0.717, 1.165) is 23.5 Å². The maximum atomic E-state index is 13.1. The zero-order valence-electron chi connectivity index (χ0n) is 10.1. The Morgan fingerprint density at radius 3 is 2.82 bits per heavy atom. The first-order valence-electron chi connectivity index (χ1n) is 5.64. The first-order chi connectivity index (χ1) is 8.04. The summed E-state index contributed by atoms with van der Waals surface area (Å²) < 4.78 is 13.1. The van der Waals surface area contributed by atoms with Crippen molar-refractivity contribution >= 4 is 17.7 Å². The van der Waals surface area contributed by atoms with Gasteiger partial charge in [0.15, 0.2) is 0 Å². The second-order valence-electron chi connectivity index (χ2n) is 4.15. The lowest BCUT2D eigenvalue weighted by atomic mass is 10.1. The van der Waals surface area contributed by atoms with Gasteiger partial charge in [0.2, 0.25) is 0 Å². The van der Waals surface area contributed by atoms with Crippen molar-refractivity contribution in [2.45, 2.75) is 26.0 Å². The second kappa shape index (κ2) is 6.64. The number of thioether (sulfide) groups is 1. The van der Waals surface area contributed by atoms with Gasteiger partial charge in [-0.15, -0.1) is 0 Å². The van der Waals surface area contributed by atoms with Crippen LogP contribution in [0.4, 0.5) is 4.39 Å². The predicted molar refractivity (Wildman–Crippen MR) is 69.0 cm³/mol. The van der Waals surface area contributed by atoms with E-state index in [4.69, 9.17) is 5.11 Å². The molecule has 1 N–H and O–H groups in total. The molecule has 0 saturated carbocycles. The molecule has 1 rings (SSSR count). The maximum Gasteiger partial charge on any atom is 0.338 e. The molecule has 0 radical (unpaired) electrons. The zero-order chi connectivity index (χ0) is 12.8. The molecule has 2 nitrogen and oxygen atoms in total. The van der Waals surface area contributed by atoms with Crippen molar-refractivity contribution in [1.82, 2.24) is 0 Å². The summed E-state index contributed by atoms with van der Waals surface area (Å²) >= 11 is 1.75. The Morgan fingerprint density at radius 2 is 2.24 bits per heavy atom. The first kappa shape index (κ1) is 14.0. The highest BCUT2D eigenvalue weighted by atomic mass is 32.2. The molecule has 0 fully saturated rings. The van der Waals surface area contributed by atoms with E-state index < -0.39 is 11.8 Å². The van der Waals surface area contributed by atoms with E-state index in [9.17, 15) is 9.18 Å². The van der Waals surface area contributed by atoms with E-state index in [0.29, 0.717) is 5.92 Å². The van der Waals surface area contributed by atoms with Crippen molar-refractivity contribution in [3.63, 3.8) is 0 Å². The smallest absolute Gasteiger partial charge is 0.338 e. The Bertz CT molecular complexity index is 393. The molecule has 1 atom stereocenters. The van der Waals surface area contributed by atoms with Crippen LogP contribution in [0.1, 0.15) is 36.2 Å². The van der Waals surface area contributed by atoms with Crippen molar-refractivity contribution in [3.05, 3.63) is 35.1 Å². The summed E-state index contributed by atoms with van der Waals surface area (Å²) in [4.78, 5) is 10.8. The highest BCUT2D eigenvalue weighted by Crippen LogP contribution is 2.19. The van der Waals surface area contributed by atoms with E-state index >= 15 is 0 Å². The summed E-state index contributed by atoms with van der Waals surface area (Å²) in [5.41, 5.74) is 0.615. The molecule has 0 aliphatic heterocycles. The molecule has 1 unspecified atom stereocenters. The number of benzene rings is 1. The fraction of sp³-hybridized carbons (Fsp3) is 0.462. The quantitative estimate of drug-likeness (QED) is 0.841. The predicted octanol–water partition coefficient (Wildman–Crippen LogP) is 3.80. The van der Waals surface area contributed by atoms with Gasteiger partial charge in [0.1, 0.15) is 5.82 Å². The largest absolute Gasteiger partial charge is 0.478 e. The molecule has 1 aromatic rings. The molecular weight excluding hydrogens is 239 g/mol. The SMILES string of the molecule is CCC(C)CSCc1ccc(F)c(C(=O)O)c1. The number of hydrogen-bond donors (Lipinski definition) is 1. The lowest BCUT2D eigenvalue weighted by molar-refractivity contribution is 0.0692. The molecule has 17 heavy (non-hydrogen) atoms. The van der Waals surface area contributed by atoms with Gasteiger partial charge in [-0.05, 0) is 29.4 Å². The fourth-order valence-corrected chi connectivity index (χ4v) is 2.49. The van der Waals surface area contributed by atoms with E-state index in [1.165, 1.54) is 12.1 Å². The molecule has 1 aromatic carbocycles. The van der Waals surface area contributed by atoms with Gasteiger partial charge >= 0.3 is 5.97 Å². The van der Waals surface area contributed by atoms with Crippen LogP contribution in [0.25, 0.3) is 0 Å². The van der Waals surface area contributed by atoms with Gasteiger partial charge in [-0.3, -0.25) is 0 Å². The van der Waals surface area contributed by atoms with Gasteiger partial charge in [-0.2, -0.15) is 11.8 Å². The zero-order valence-corrected chi connectivity index (χ0v) is 10.9. The summed E-state index contributed by atoms with van der Waals surface area (Å²) in [6.45, 7) is 4.33. The maximum absolute atomic E-state index is 13.1. The minimum Gasteiger partial charge on any atom is -0.478 e. The lowest BCUT2D eigenvalue weighted by Crippen LogP contribution is -2.02. The van der Waals surface area contributed by atoms with Crippen LogP contribution in [0.2, 0.25) is 0 Å². The molecule has 0 aliphatic rings. The Morgan fingerprint density at radius 1 is 1.53 bits per heavy atom. The number of aromatic carboxylic acids is 1. The molecule has 94 valence electrons. The van der Waals surface area contributed by atoms with Gasteiger partial charge in [0, 0.05) is 5.75 Å². The van der Waals surface area contributed by atoms with Gasteiger partial charge in [-0.25, -0.2) is 9.18 Å². The number of carboxylic acid groups (broad SMARTS) is 1. The molecular formula is C13H17FO2S. The molecule has 4 heteroatoms. The molecule has 0 heterocycles. The van der Waals surface area contributed by atoms with Crippen LogP contribution >= 0.6 is 11.8 Å². The van der Waals surface area contributed by atoms with Crippen molar-refractivity contribution in [2.24, 2.45) is 5.92 Å². The molecule has 0 spiro atoms. The van der Waals surface area contributed by atoms with Gasteiger partial charge in [0.05, 0.1) is 5.56 Å². The summed E-state index contributed by atoms with van der Waals surface area (Å²) in [5, 5.41) is 8.79. The van der Waals surface area contributed by atoms with Crippen LogP contribution in [0, 0.1) is 11.7 Å². The number of halogens is 1. The Hall–Kier alpha value is -1.03. The minimum atomic E-state index is -1.21. The van der Waals surface area contributed by atoms with E-state index in [1.54, 1.807) is 17.8 Å². The monoisotopic (exact) mass is 256 g/mol. The highest BCUT2D eigenvalue weighted by molar-refractivity contribution is 7.98. The molecule has 0 saturated heterocycles. The average molecular weight is 256 g/mol. The van der Waals surface area contributed by atoms with Crippen LogP contribution in [0.3, 0.4) is 0 Å². The highest BCUT2D eigenvalue weighted by Gasteiger charge is 2.10. The van der Waals surface area contributed by atoms with Crippen LogP contribution in [-0.4, -0.2) is 16.8 Å². The van der Waals surface area contributed by atoms with Crippen LogP contribution in [0.15, 0.2) is 18.2 Å². The van der Waals surface area contributed by atoms with Crippen LogP contribution in [0.5, 0.6) is 0 Å². The normalized spacial score (nSPS) is 12.4. The van der Waals surface area contributed by atoms with E-state index in [2.05, 4.69) is 13.8 Å². The topological polar surface area (TPSA) is 37.3 Å². The van der Waals surface area contributed by atoms with Crippen molar-refractivity contribution in [1.29, 1.82) is 0 Å². The number of rotatable bonds is 6. The van der Waals surface area contributed by atoms with Gasteiger partial charge in [-0.1, -0.05) is 26.3 Å². The second-order valence-corrected chi connectivity index (χ2v) is 5.18. The van der Waals surface area contributed by atoms with E-state index in [1.807, 2.05) is 0 Å². The standard InChI is InChI=1S/C13H17FO2S/c1-3-9(2)7-17-8-10-4-5-12(14)11(6-10)13(15)16/h4-6,9H,3,7-8H2,1-2H3,(H,15,16). The first-order valence-corrected chi connectivity index (χ1v) is 6.79. The number of hydrogen-bond acceptors (Lipinski definition) is 2. The molecule has 0 bridgehead atoms. The van der Waals surface area contributed by atoms with Crippen LogP contribution < -0.4 is 0 Å². The minimum absolute atomic E-state index is 0.244. The Labute approximate surface area is 105 Å². The third-order valence-electron chi connectivity index (χ3n) is 2.63. The molecule has 0 amide bonds. The Kier molecular flexibility index (Phi) is 5.48. The third-order valence-corrected chi connectivity index (χ3v) is 3.97. The van der Waals surface area contributed by atoms with Crippen molar-refractivity contribution in [2.75, 3.05) is 5.75 Å². The number of carbonyl (C=O) groups is 1. The average Bonchev–Trinajstić information content (AvgIpc) is 2.30. The van der Waals surface area contributed by atoms with Crippen molar-refractivity contribution in [3.8, 4) is 0 Å². The third kappa shape index (κ3) is 4.38. The van der Waals surface area contributed by atoms with Crippen LogP contribution in [-0.2, 0) is 5.75 Å². The van der Waals surface area contributed by atoms with E-state index in [-0.39, 0.29) is 5.56 Å². The molecule has 0 aliphatic carbocycles. The number of carboxylic acids is 1. The Balaban J connectivity index is 2.60. The molecule has 0 aromatic heterocycles. The van der Waals surface area contributed by atoms with Gasteiger partial charge in [0.25, 0.3) is 0 Å². The summed E-state index contributed by atoms with van der Waals surface area (Å²) in [5.74, 6) is 0.533. The lowest BCUT2D eigenvalue weighted by Gasteiger charge is -2.08. The summed E-state index contributed by atoms with van der Waals surface area (Å²) in [7, 11) is 0. The van der Waals surface area contributed by atoms with Crippen molar-refractivity contribution < 1.29 is 14.3 Å². The summed E-state index contributed by atoms with van der Waals surface area (Å²) in [6, 6.07) is 4.29. The fourth-order valence-electron chi connectivity index (χ4n) is 1.32. The summed E-state index contributed by atoms with van der Waals surface area (Å²) in [6.07, 6.45) is 1.14.